The fraction of sp³-hybridized carbons (Fsp3) is 0.769. The SMILES string of the molecule is O=C(C1CCCC1)N1CC(N2C(=O)CCC2=O)C1. The Kier molecular flexibility index (Phi) is 2.84. The van der Waals surface area contributed by atoms with Gasteiger partial charge >= 0.3 is 0 Å². The molecule has 18 heavy (non-hydrogen) atoms. The number of amides is 3. The smallest absolute Gasteiger partial charge is 0.230 e. The van der Waals surface area contributed by atoms with E-state index in [4.69, 9.17) is 0 Å². The van der Waals surface area contributed by atoms with Crippen LogP contribution in [-0.4, -0.2) is 46.7 Å². The van der Waals surface area contributed by atoms with Crippen LogP contribution in [0.2, 0.25) is 0 Å². The molecule has 0 bridgehead atoms. The number of rotatable bonds is 2. The summed E-state index contributed by atoms with van der Waals surface area (Å²) >= 11 is 0. The molecule has 0 aromatic rings. The molecule has 1 saturated carbocycles. The zero-order chi connectivity index (χ0) is 12.7. The second-order valence-corrected chi connectivity index (χ2v) is 5.54. The number of nitrogens with zero attached hydrogens (tertiary/aromatic N) is 2. The van der Waals surface area contributed by atoms with Crippen LogP contribution in [0, 0.1) is 5.92 Å². The van der Waals surface area contributed by atoms with Crippen molar-refractivity contribution >= 4 is 17.7 Å². The van der Waals surface area contributed by atoms with Crippen molar-refractivity contribution in [2.24, 2.45) is 5.92 Å². The van der Waals surface area contributed by atoms with E-state index >= 15 is 0 Å². The molecule has 5 nitrogen and oxygen atoms in total. The molecule has 0 aromatic heterocycles. The highest BCUT2D eigenvalue weighted by Crippen LogP contribution is 2.30. The molecule has 0 spiro atoms. The van der Waals surface area contributed by atoms with Gasteiger partial charge in [-0.15, -0.1) is 0 Å². The first kappa shape index (κ1) is 11.7. The van der Waals surface area contributed by atoms with Crippen molar-refractivity contribution in [1.82, 2.24) is 9.80 Å². The Hall–Kier alpha value is -1.39. The molecule has 2 aliphatic heterocycles. The van der Waals surface area contributed by atoms with Crippen molar-refractivity contribution in [1.29, 1.82) is 0 Å². The quantitative estimate of drug-likeness (QED) is 0.672. The lowest BCUT2D eigenvalue weighted by Gasteiger charge is -2.44. The third kappa shape index (κ3) is 1.82. The van der Waals surface area contributed by atoms with E-state index in [-0.39, 0.29) is 29.7 Å². The summed E-state index contributed by atoms with van der Waals surface area (Å²) in [5.74, 6) is 0.273. The van der Waals surface area contributed by atoms with E-state index in [0.717, 1.165) is 25.7 Å². The van der Waals surface area contributed by atoms with Crippen LogP contribution in [0.25, 0.3) is 0 Å². The summed E-state index contributed by atoms with van der Waals surface area (Å²) in [4.78, 5) is 38.4. The molecule has 1 aliphatic carbocycles. The largest absolute Gasteiger partial charge is 0.338 e. The van der Waals surface area contributed by atoms with Crippen LogP contribution in [0.15, 0.2) is 0 Å². The first-order chi connectivity index (χ1) is 8.66. The highest BCUT2D eigenvalue weighted by molar-refractivity contribution is 6.02. The highest BCUT2D eigenvalue weighted by Gasteiger charge is 2.43. The molecule has 3 aliphatic rings. The monoisotopic (exact) mass is 250 g/mol. The van der Waals surface area contributed by atoms with Gasteiger partial charge in [-0.3, -0.25) is 19.3 Å². The Morgan fingerprint density at radius 1 is 1.00 bits per heavy atom. The van der Waals surface area contributed by atoms with Crippen LogP contribution < -0.4 is 0 Å². The zero-order valence-electron chi connectivity index (χ0n) is 10.4. The van der Waals surface area contributed by atoms with E-state index in [1.165, 1.54) is 4.90 Å². The minimum absolute atomic E-state index is 0.0575. The predicted molar refractivity (Wildman–Crippen MR) is 63.4 cm³/mol. The first-order valence-corrected chi connectivity index (χ1v) is 6.80. The molecule has 5 heteroatoms. The lowest BCUT2D eigenvalue weighted by molar-refractivity contribution is -0.153. The Labute approximate surface area is 106 Å². The van der Waals surface area contributed by atoms with Gasteiger partial charge in [0.15, 0.2) is 0 Å². The molecule has 2 saturated heterocycles. The average molecular weight is 250 g/mol. The van der Waals surface area contributed by atoms with Crippen molar-refractivity contribution in [2.45, 2.75) is 44.6 Å². The molecule has 3 rings (SSSR count). The van der Waals surface area contributed by atoms with Crippen LogP contribution in [0.3, 0.4) is 0 Å². The number of hydrogen-bond acceptors (Lipinski definition) is 3. The van der Waals surface area contributed by atoms with E-state index in [9.17, 15) is 14.4 Å². The van der Waals surface area contributed by atoms with E-state index in [2.05, 4.69) is 0 Å². The highest BCUT2D eigenvalue weighted by atomic mass is 16.2. The average Bonchev–Trinajstić information content (AvgIpc) is 2.90. The Morgan fingerprint density at radius 3 is 2.11 bits per heavy atom. The number of imide groups is 1. The Bertz CT molecular complexity index is 379. The van der Waals surface area contributed by atoms with Gasteiger partial charge in [0.2, 0.25) is 17.7 Å². The van der Waals surface area contributed by atoms with E-state index in [1.807, 2.05) is 0 Å². The molecule has 98 valence electrons. The zero-order valence-corrected chi connectivity index (χ0v) is 10.4. The van der Waals surface area contributed by atoms with Crippen LogP contribution in [-0.2, 0) is 14.4 Å². The molecule has 3 amide bonds. The number of hydrogen-bond donors (Lipinski definition) is 0. The van der Waals surface area contributed by atoms with E-state index in [0.29, 0.717) is 25.9 Å². The summed E-state index contributed by atoms with van der Waals surface area (Å²) < 4.78 is 0. The van der Waals surface area contributed by atoms with Crippen molar-refractivity contribution in [3.63, 3.8) is 0 Å². The van der Waals surface area contributed by atoms with Crippen molar-refractivity contribution in [2.75, 3.05) is 13.1 Å². The van der Waals surface area contributed by atoms with Gasteiger partial charge in [0, 0.05) is 31.8 Å². The third-order valence-corrected chi connectivity index (χ3v) is 4.33. The van der Waals surface area contributed by atoms with Gasteiger partial charge < -0.3 is 4.90 Å². The van der Waals surface area contributed by atoms with Crippen LogP contribution in [0.4, 0.5) is 0 Å². The molecule has 2 heterocycles. The predicted octanol–water partition coefficient (Wildman–Crippen LogP) is 0.536. The summed E-state index contributed by atoms with van der Waals surface area (Å²) in [6, 6.07) is -0.0575. The lowest BCUT2D eigenvalue weighted by Crippen LogP contribution is -2.63. The second kappa shape index (κ2) is 4.37. The van der Waals surface area contributed by atoms with Crippen LogP contribution in [0.1, 0.15) is 38.5 Å². The maximum atomic E-state index is 12.1. The summed E-state index contributed by atoms with van der Waals surface area (Å²) in [5.41, 5.74) is 0. The molecule has 0 aromatic carbocycles. The summed E-state index contributed by atoms with van der Waals surface area (Å²) in [6.07, 6.45) is 4.98. The molecular formula is C13H18N2O3. The fourth-order valence-corrected chi connectivity index (χ4v) is 3.23. The maximum Gasteiger partial charge on any atom is 0.230 e. The van der Waals surface area contributed by atoms with Gasteiger partial charge in [-0.1, -0.05) is 12.8 Å². The summed E-state index contributed by atoms with van der Waals surface area (Å²) in [6.45, 7) is 1.10. The van der Waals surface area contributed by atoms with Crippen molar-refractivity contribution < 1.29 is 14.4 Å². The Morgan fingerprint density at radius 2 is 1.56 bits per heavy atom. The van der Waals surface area contributed by atoms with Gasteiger partial charge in [0.05, 0.1) is 6.04 Å². The number of carbonyl (C=O) groups is 3. The Balaban J connectivity index is 1.55. The lowest BCUT2D eigenvalue weighted by atomic mass is 10.0. The minimum atomic E-state index is -0.0713. The first-order valence-electron chi connectivity index (χ1n) is 6.80. The van der Waals surface area contributed by atoms with Crippen molar-refractivity contribution in [3.05, 3.63) is 0 Å². The topological polar surface area (TPSA) is 57.7 Å². The van der Waals surface area contributed by atoms with E-state index < -0.39 is 0 Å². The second-order valence-electron chi connectivity index (χ2n) is 5.54. The molecule has 0 N–H and O–H groups in total. The van der Waals surface area contributed by atoms with Crippen LogP contribution >= 0.6 is 0 Å². The standard InChI is InChI=1S/C13H18N2O3/c16-11-5-6-12(17)15(11)10-7-14(8-10)13(18)9-3-1-2-4-9/h9-10H,1-8H2. The van der Waals surface area contributed by atoms with Gasteiger partial charge in [0.1, 0.15) is 0 Å². The van der Waals surface area contributed by atoms with Gasteiger partial charge in [-0.25, -0.2) is 0 Å². The van der Waals surface area contributed by atoms with Gasteiger partial charge in [-0.2, -0.15) is 0 Å². The number of likely N-dealkylation sites (tertiary alicyclic amines) is 2. The van der Waals surface area contributed by atoms with E-state index in [1.54, 1.807) is 4.90 Å². The molecule has 0 radical (unpaired) electrons. The third-order valence-electron chi connectivity index (χ3n) is 4.33. The van der Waals surface area contributed by atoms with Gasteiger partial charge in [-0.05, 0) is 12.8 Å². The molecule has 0 atom stereocenters. The van der Waals surface area contributed by atoms with Crippen molar-refractivity contribution in [3.8, 4) is 0 Å². The maximum absolute atomic E-state index is 12.1. The van der Waals surface area contributed by atoms with Gasteiger partial charge in [0.25, 0.3) is 0 Å². The normalized spacial score (nSPS) is 26.0. The summed E-state index contributed by atoms with van der Waals surface area (Å²) in [7, 11) is 0. The minimum Gasteiger partial charge on any atom is -0.338 e. The fourth-order valence-electron chi connectivity index (χ4n) is 3.23. The molecular weight excluding hydrogens is 232 g/mol. The molecule has 3 fully saturated rings. The number of carbonyl (C=O) groups excluding carboxylic acids is 3. The summed E-state index contributed by atoms with van der Waals surface area (Å²) in [5, 5.41) is 0. The van der Waals surface area contributed by atoms with Crippen LogP contribution in [0.5, 0.6) is 0 Å². The molecule has 0 unspecified atom stereocenters.